The number of rotatable bonds is 3. The molecule has 1 aromatic carbocycles. The Bertz CT molecular complexity index is 408. The highest BCUT2D eigenvalue weighted by atomic mass is 35.5. The molecule has 2 rings (SSSR count). The third kappa shape index (κ3) is 1.82. The van der Waals surface area contributed by atoms with Gasteiger partial charge in [-0.05, 0) is 30.9 Å². The maximum atomic E-state index is 10.8. The second-order valence-corrected chi connectivity index (χ2v) is 4.17. The average molecular weight is 227 g/mol. The van der Waals surface area contributed by atoms with Crippen LogP contribution >= 0.6 is 11.6 Å². The van der Waals surface area contributed by atoms with Gasteiger partial charge in [0.15, 0.2) is 0 Å². The summed E-state index contributed by atoms with van der Waals surface area (Å²) in [5.41, 5.74) is 6.29. The van der Waals surface area contributed by atoms with Crippen molar-refractivity contribution < 1.29 is 4.92 Å². The van der Waals surface area contributed by atoms with Crippen molar-refractivity contribution in [2.24, 2.45) is 11.7 Å². The lowest BCUT2D eigenvalue weighted by atomic mass is 10.1. The number of hydrogen-bond acceptors (Lipinski definition) is 3. The van der Waals surface area contributed by atoms with Crippen molar-refractivity contribution in [2.75, 3.05) is 6.54 Å². The molecule has 0 bridgehead atoms. The van der Waals surface area contributed by atoms with Crippen molar-refractivity contribution in [1.82, 2.24) is 0 Å². The Hall–Kier alpha value is -1.13. The van der Waals surface area contributed by atoms with Crippen LogP contribution < -0.4 is 5.73 Å². The van der Waals surface area contributed by atoms with Crippen molar-refractivity contribution in [1.29, 1.82) is 0 Å². The number of nitrogens with zero attached hydrogens (tertiary/aromatic N) is 1. The Morgan fingerprint density at radius 2 is 2.33 bits per heavy atom. The monoisotopic (exact) mass is 226 g/mol. The van der Waals surface area contributed by atoms with Crippen molar-refractivity contribution in [3.63, 3.8) is 0 Å². The average Bonchev–Trinajstić information content (AvgIpc) is 2.96. The molecule has 2 unspecified atom stereocenters. The Kier molecular flexibility index (Phi) is 2.63. The van der Waals surface area contributed by atoms with Gasteiger partial charge in [0.1, 0.15) is 0 Å². The van der Waals surface area contributed by atoms with E-state index in [1.165, 1.54) is 6.07 Å². The summed E-state index contributed by atoms with van der Waals surface area (Å²) in [5.74, 6) is 0.521. The molecule has 1 saturated carbocycles. The van der Waals surface area contributed by atoms with Crippen LogP contribution in [0.1, 0.15) is 17.9 Å². The van der Waals surface area contributed by atoms with Gasteiger partial charge in [0, 0.05) is 6.07 Å². The van der Waals surface area contributed by atoms with Gasteiger partial charge < -0.3 is 5.73 Å². The van der Waals surface area contributed by atoms with E-state index in [1.807, 2.05) is 0 Å². The van der Waals surface area contributed by atoms with Crippen LogP contribution in [0.2, 0.25) is 5.02 Å². The summed E-state index contributed by atoms with van der Waals surface area (Å²) in [5, 5.41) is 11.3. The predicted molar refractivity (Wildman–Crippen MR) is 58.0 cm³/mol. The van der Waals surface area contributed by atoms with Crippen LogP contribution in [-0.4, -0.2) is 11.5 Å². The maximum Gasteiger partial charge on any atom is 0.274 e. The zero-order chi connectivity index (χ0) is 11.0. The number of halogens is 1. The Balaban J connectivity index is 2.40. The van der Waals surface area contributed by atoms with Crippen LogP contribution in [0.25, 0.3) is 0 Å². The molecular formula is C10H11ClN2O2. The highest BCUT2D eigenvalue weighted by Crippen LogP contribution is 2.51. The first-order valence-electron chi connectivity index (χ1n) is 4.78. The first-order valence-corrected chi connectivity index (χ1v) is 5.15. The summed E-state index contributed by atoms with van der Waals surface area (Å²) >= 11 is 5.99. The van der Waals surface area contributed by atoms with E-state index in [2.05, 4.69) is 0 Å². The van der Waals surface area contributed by atoms with Crippen molar-refractivity contribution in [2.45, 2.75) is 12.3 Å². The van der Waals surface area contributed by atoms with Gasteiger partial charge in [0.05, 0.1) is 15.5 Å². The van der Waals surface area contributed by atoms with E-state index in [4.69, 9.17) is 17.3 Å². The minimum absolute atomic E-state index is 0.114. The first kappa shape index (κ1) is 10.4. The number of nitro benzene ring substituents is 1. The van der Waals surface area contributed by atoms with E-state index in [-0.39, 0.29) is 16.5 Å². The molecule has 15 heavy (non-hydrogen) atoms. The molecule has 0 aliphatic heterocycles. The first-order chi connectivity index (χ1) is 7.15. The zero-order valence-corrected chi connectivity index (χ0v) is 8.78. The van der Waals surface area contributed by atoms with Gasteiger partial charge in [-0.2, -0.15) is 0 Å². The molecule has 2 atom stereocenters. The fourth-order valence-electron chi connectivity index (χ4n) is 1.91. The largest absolute Gasteiger partial charge is 0.330 e. The molecule has 0 saturated heterocycles. The van der Waals surface area contributed by atoms with Gasteiger partial charge in [0.25, 0.3) is 5.69 Å². The number of benzene rings is 1. The van der Waals surface area contributed by atoms with Crippen molar-refractivity contribution in [3.05, 3.63) is 38.9 Å². The lowest BCUT2D eigenvalue weighted by Gasteiger charge is -2.03. The molecule has 80 valence electrons. The van der Waals surface area contributed by atoms with E-state index >= 15 is 0 Å². The molecule has 2 N–H and O–H groups in total. The Labute approximate surface area is 92.2 Å². The fourth-order valence-corrected chi connectivity index (χ4v) is 2.22. The lowest BCUT2D eigenvalue weighted by Crippen LogP contribution is -2.03. The van der Waals surface area contributed by atoms with Crippen LogP contribution in [0.3, 0.4) is 0 Å². The number of hydrogen-bond donors (Lipinski definition) is 1. The molecule has 5 heteroatoms. The van der Waals surface area contributed by atoms with Gasteiger partial charge in [-0.15, -0.1) is 0 Å². The second-order valence-electron chi connectivity index (χ2n) is 3.77. The predicted octanol–water partition coefficient (Wildman–Crippen LogP) is 2.31. The van der Waals surface area contributed by atoms with Crippen LogP contribution in [0.15, 0.2) is 18.2 Å². The highest BCUT2D eigenvalue weighted by Gasteiger charge is 2.42. The Morgan fingerprint density at radius 1 is 1.60 bits per heavy atom. The van der Waals surface area contributed by atoms with Crippen LogP contribution in [0.4, 0.5) is 5.69 Å². The van der Waals surface area contributed by atoms with Crippen LogP contribution in [0, 0.1) is 16.0 Å². The van der Waals surface area contributed by atoms with Crippen LogP contribution in [-0.2, 0) is 0 Å². The minimum Gasteiger partial charge on any atom is -0.330 e. The van der Waals surface area contributed by atoms with Gasteiger partial charge >= 0.3 is 0 Å². The molecule has 1 fully saturated rings. The summed E-state index contributed by atoms with van der Waals surface area (Å²) in [7, 11) is 0. The molecule has 1 aliphatic carbocycles. The lowest BCUT2D eigenvalue weighted by molar-refractivity contribution is -0.385. The van der Waals surface area contributed by atoms with E-state index in [9.17, 15) is 10.1 Å². The molecule has 0 spiro atoms. The smallest absolute Gasteiger partial charge is 0.274 e. The summed E-state index contributed by atoms with van der Waals surface area (Å²) < 4.78 is 0. The SMILES string of the molecule is NCC1CC1c1c(Cl)cccc1[N+](=O)[O-]. The fraction of sp³-hybridized carbons (Fsp3) is 0.400. The standard InChI is InChI=1S/C10H11ClN2O2/c11-8-2-1-3-9(13(14)15)10(8)7-4-6(7)5-12/h1-3,6-7H,4-5,12H2. The summed E-state index contributed by atoms with van der Waals surface area (Å²) in [6.07, 6.45) is 0.904. The molecule has 1 aromatic rings. The summed E-state index contributed by atoms with van der Waals surface area (Å²) in [6, 6.07) is 4.78. The van der Waals surface area contributed by atoms with Crippen LogP contribution in [0.5, 0.6) is 0 Å². The van der Waals surface area contributed by atoms with E-state index in [0.29, 0.717) is 23.0 Å². The van der Waals surface area contributed by atoms with Crippen molar-refractivity contribution in [3.8, 4) is 0 Å². The zero-order valence-electron chi connectivity index (χ0n) is 8.02. The topological polar surface area (TPSA) is 69.2 Å². The molecule has 0 aromatic heterocycles. The molecule has 1 aliphatic rings. The van der Waals surface area contributed by atoms with Gasteiger partial charge in [0.2, 0.25) is 0 Å². The van der Waals surface area contributed by atoms with E-state index < -0.39 is 0 Å². The van der Waals surface area contributed by atoms with E-state index in [1.54, 1.807) is 12.1 Å². The van der Waals surface area contributed by atoms with E-state index in [0.717, 1.165) is 6.42 Å². The third-order valence-electron chi connectivity index (χ3n) is 2.82. The quantitative estimate of drug-likeness (QED) is 0.635. The maximum absolute atomic E-state index is 10.8. The number of nitrogens with two attached hydrogens (primary N) is 1. The molecule has 0 amide bonds. The molecule has 0 heterocycles. The highest BCUT2D eigenvalue weighted by molar-refractivity contribution is 6.31. The second kappa shape index (κ2) is 3.79. The van der Waals surface area contributed by atoms with Gasteiger partial charge in [-0.1, -0.05) is 17.7 Å². The normalized spacial score (nSPS) is 23.9. The van der Waals surface area contributed by atoms with Gasteiger partial charge in [-0.25, -0.2) is 0 Å². The third-order valence-corrected chi connectivity index (χ3v) is 3.15. The van der Waals surface area contributed by atoms with Crippen molar-refractivity contribution >= 4 is 17.3 Å². The van der Waals surface area contributed by atoms with Gasteiger partial charge in [-0.3, -0.25) is 10.1 Å². The molecular weight excluding hydrogens is 216 g/mol. The summed E-state index contributed by atoms with van der Waals surface area (Å²) in [6.45, 7) is 0.563. The Morgan fingerprint density at radius 3 is 2.87 bits per heavy atom. The minimum atomic E-state index is -0.382. The molecule has 0 radical (unpaired) electrons. The molecule has 4 nitrogen and oxygen atoms in total. The summed E-state index contributed by atoms with van der Waals surface area (Å²) in [4.78, 5) is 10.4. The number of nitro groups is 1.